The Hall–Kier alpha value is -1.25. The van der Waals surface area contributed by atoms with Crippen molar-refractivity contribution in [1.29, 1.82) is 0 Å². The zero-order chi connectivity index (χ0) is 15.2. The van der Waals surface area contributed by atoms with Gasteiger partial charge in [0.15, 0.2) is 5.16 Å². The van der Waals surface area contributed by atoms with Crippen LogP contribution >= 0.6 is 39.0 Å². The van der Waals surface area contributed by atoms with E-state index in [2.05, 4.69) is 36.4 Å². The first kappa shape index (κ1) is 16.1. The van der Waals surface area contributed by atoms with Crippen LogP contribution in [0.1, 0.15) is 16.3 Å². The predicted octanol–water partition coefficient (Wildman–Crippen LogP) is 3.16. The minimum Gasteiger partial charge on any atom is -0.272 e. The molecule has 0 aliphatic rings. The van der Waals surface area contributed by atoms with Crippen LogP contribution < -0.4 is 5.43 Å². The van der Waals surface area contributed by atoms with Gasteiger partial charge in [-0.15, -0.1) is 11.3 Å². The molecule has 2 heterocycles. The van der Waals surface area contributed by atoms with Crippen molar-refractivity contribution in [3.8, 4) is 0 Å². The second-order valence-corrected chi connectivity index (χ2v) is 6.98. The highest BCUT2D eigenvalue weighted by atomic mass is 79.9. The lowest BCUT2D eigenvalue weighted by Crippen LogP contribution is -2.19. The molecule has 0 aliphatic carbocycles. The number of hydrogen-bond donors (Lipinski definition) is 1. The minimum absolute atomic E-state index is 0.186. The third kappa shape index (κ3) is 5.56. The van der Waals surface area contributed by atoms with E-state index in [1.54, 1.807) is 17.6 Å². The average molecular weight is 385 g/mol. The fourth-order valence-corrected chi connectivity index (χ4v) is 3.53. The summed E-state index contributed by atoms with van der Waals surface area (Å²) in [6, 6.07) is 3.83. The summed E-state index contributed by atoms with van der Waals surface area (Å²) in [5, 5.41) is 6.47. The summed E-state index contributed by atoms with van der Waals surface area (Å²) in [7, 11) is 0. The van der Waals surface area contributed by atoms with Gasteiger partial charge in [0.1, 0.15) is 0 Å². The van der Waals surface area contributed by atoms with Crippen LogP contribution in [0.2, 0.25) is 0 Å². The number of aryl methyl sites for hydroxylation is 2. The molecule has 0 bridgehead atoms. The van der Waals surface area contributed by atoms with Crippen molar-refractivity contribution in [1.82, 2.24) is 15.4 Å². The van der Waals surface area contributed by atoms with Crippen LogP contribution in [-0.2, 0) is 4.79 Å². The van der Waals surface area contributed by atoms with Gasteiger partial charge in [0.2, 0.25) is 0 Å². The first-order chi connectivity index (χ1) is 10.0. The van der Waals surface area contributed by atoms with Gasteiger partial charge in [-0.05, 0) is 41.9 Å². The van der Waals surface area contributed by atoms with Crippen LogP contribution in [0.25, 0.3) is 0 Å². The predicted molar refractivity (Wildman–Crippen MR) is 90.0 cm³/mol. The van der Waals surface area contributed by atoms with Crippen molar-refractivity contribution in [3.05, 3.63) is 38.3 Å². The van der Waals surface area contributed by atoms with Crippen molar-refractivity contribution in [2.75, 3.05) is 5.75 Å². The third-order valence-corrected chi connectivity index (χ3v) is 4.74. The Kier molecular flexibility index (Phi) is 5.89. The van der Waals surface area contributed by atoms with Gasteiger partial charge in [-0.25, -0.2) is 15.4 Å². The Morgan fingerprint density at radius 3 is 2.76 bits per heavy atom. The van der Waals surface area contributed by atoms with Gasteiger partial charge in [-0.2, -0.15) is 5.10 Å². The molecule has 2 aromatic heterocycles. The van der Waals surface area contributed by atoms with Gasteiger partial charge in [0.25, 0.3) is 5.91 Å². The smallest absolute Gasteiger partial charge is 0.250 e. The van der Waals surface area contributed by atoms with E-state index in [0.29, 0.717) is 5.16 Å². The number of carbonyl (C=O) groups excluding carboxylic acids is 1. The van der Waals surface area contributed by atoms with Crippen LogP contribution in [0, 0.1) is 13.8 Å². The van der Waals surface area contributed by atoms with Crippen molar-refractivity contribution in [3.63, 3.8) is 0 Å². The Morgan fingerprint density at radius 1 is 1.43 bits per heavy atom. The molecule has 0 radical (unpaired) electrons. The Balaban J connectivity index is 1.80. The van der Waals surface area contributed by atoms with Crippen LogP contribution in [0.15, 0.2) is 32.2 Å². The quantitative estimate of drug-likeness (QED) is 0.372. The number of carbonyl (C=O) groups is 1. The molecule has 1 N–H and O–H groups in total. The van der Waals surface area contributed by atoms with E-state index < -0.39 is 0 Å². The van der Waals surface area contributed by atoms with Gasteiger partial charge in [-0.3, -0.25) is 4.79 Å². The summed E-state index contributed by atoms with van der Waals surface area (Å²) in [6.07, 6.45) is 1.62. The molecule has 8 heteroatoms. The summed E-state index contributed by atoms with van der Waals surface area (Å²) >= 11 is 6.20. The first-order valence-corrected chi connectivity index (χ1v) is 8.70. The van der Waals surface area contributed by atoms with Gasteiger partial charge < -0.3 is 0 Å². The number of thioether (sulfide) groups is 1. The summed E-state index contributed by atoms with van der Waals surface area (Å²) in [5.41, 5.74) is 4.28. The molecule has 0 saturated heterocycles. The second-order valence-electron chi connectivity index (χ2n) is 4.18. The standard InChI is InChI=1S/C13H13BrN4OS2/c1-8-3-9(2)17-13(16-8)21-7-12(19)18-15-5-11-4-10(14)6-20-11/h3-6H,7H2,1-2H3,(H,18,19)/b15-5-. The van der Waals surface area contributed by atoms with Crippen LogP contribution in [0.4, 0.5) is 0 Å². The molecule has 0 aromatic carbocycles. The molecular formula is C13H13BrN4OS2. The Morgan fingerprint density at radius 2 is 2.14 bits per heavy atom. The van der Waals surface area contributed by atoms with E-state index >= 15 is 0 Å². The van der Waals surface area contributed by atoms with Crippen molar-refractivity contribution >= 4 is 51.2 Å². The van der Waals surface area contributed by atoms with Gasteiger partial charge in [-0.1, -0.05) is 11.8 Å². The maximum atomic E-state index is 11.7. The number of hydrazone groups is 1. The topological polar surface area (TPSA) is 67.2 Å². The molecule has 21 heavy (non-hydrogen) atoms. The maximum absolute atomic E-state index is 11.7. The van der Waals surface area contributed by atoms with E-state index in [4.69, 9.17) is 0 Å². The number of thiophene rings is 1. The van der Waals surface area contributed by atoms with E-state index in [1.165, 1.54) is 11.8 Å². The van der Waals surface area contributed by atoms with E-state index in [-0.39, 0.29) is 11.7 Å². The third-order valence-electron chi connectivity index (χ3n) is 2.26. The normalized spacial score (nSPS) is 11.0. The van der Waals surface area contributed by atoms with Crippen LogP contribution in [0.5, 0.6) is 0 Å². The number of halogens is 1. The highest BCUT2D eigenvalue weighted by Gasteiger charge is 2.05. The first-order valence-electron chi connectivity index (χ1n) is 6.04. The van der Waals surface area contributed by atoms with Crippen molar-refractivity contribution < 1.29 is 4.79 Å². The fourth-order valence-electron chi connectivity index (χ4n) is 1.48. The SMILES string of the molecule is Cc1cc(C)nc(SCC(=O)N/N=C\c2cc(Br)cs2)n1. The zero-order valence-electron chi connectivity index (χ0n) is 11.5. The second kappa shape index (κ2) is 7.67. The maximum Gasteiger partial charge on any atom is 0.250 e. The fraction of sp³-hybridized carbons (Fsp3) is 0.231. The molecule has 0 unspecified atom stereocenters. The molecule has 0 fully saturated rings. The molecule has 1 amide bonds. The molecule has 5 nitrogen and oxygen atoms in total. The summed E-state index contributed by atoms with van der Waals surface area (Å²) in [5.74, 6) is 0.0450. The number of nitrogens with zero attached hydrogens (tertiary/aromatic N) is 3. The largest absolute Gasteiger partial charge is 0.272 e. The lowest BCUT2D eigenvalue weighted by molar-refractivity contribution is -0.118. The number of rotatable bonds is 5. The molecule has 110 valence electrons. The molecule has 0 atom stereocenters. The number of aromatic nitrogens is 2. The molecular weight excluding hydrogens is 372 g/mol. The molecule has 0 saturated carbocycles. The van der Waals surface area contributed by atoms with Crippen LogP contribution in [0.3, 0.4) is 0 Å². The highest BCUT2D eigenvalue weighted by molar-refractivity contribution is 9.10. The minimum atomic E-state index is -0.186. The summed E-state index contributed by atoms with van der Waals surface area (Å²) in [6.45, 7) is 3.81. The number of amides is 1. The summed E-state index contributed by atoms with van der Waals surface area (Å²) in [4.78, 5) is 21.2. The van der Waals surface area contributed by atoms with Crippen LogP contribution in [-0.4, -0.2) is 27.8 Å². The monoisotopic (exact) mass is 384 g/mol. The highest BCUT2D eigenvalue weighted by Crippen LogP contribution is 2.17. The summed E-state index contributed by atoms with van der Waals surface area (Å²) < 4.78 is 1.00. The van der Waals surface area contributed by atoms with E-state index in [9.17, 15) is 4.79 Å². The van der Waals surface area contributed by atoms with Crippen molar-refractivity contribution in [2.45, 2.75) is 19.0 Å². The Labute approximate surface area is 139 Å². The van der Waals surface area contributed by atoms with Gasteiger partial charge in [0.05, 0.1) is 12.0 Å². The van der Waals surface area contributed by atoms with Crippen molar-refractivity contribution in [2.24, 2.45) is 5.10 Å². The van der Waals surface area contributed by atoms with E-state index in [1.807, 2.05) is 31.4 Å². The lowest BCUT2D eigenvalue weighted by atomic mass is 10.4. The lowest BCUT2D eigenvalue weighted by Gasteiger charge is -2.02. The molecule has 2 rings (SSSR count). The molecule has 2 aromatic rings. The number of nitrogens with one attached hydrogen (secondary N) is 1. The molecule has 0 spiro atoms. The Bertz CT molecular complexity index is 652. The van der Waals surface area contributed by atoms with Gasteiger partial charge in [0, 0.05) is 26.1 Å². The number of hydrogen-bond acceptors (Lipinski definition) is 6. The van der Waals surface area contributed by atoms with E-state index in [0.717, 1.165) is 20.7 Å². The molecule has 0 aliphatic heterocycles. The zero-order valence-corrected chi connectivity index (χ0v) is 14.7. The average Bonchev–Trinajstić information content (AvgIpc) is 2.81. The van der Waals surface area contributed by atoms with Gasteiger partial charge >= 0.3 is 0 Å².